The van der Waals surface area contributed by atoms with Crippen LogP contribution in [0.25, 0.3) is 0 Å². The first-order valence-corrected chi connectivity index (χ1v) is 5.30. The molecule has 1 aromatic carbocycles. The zero-order valence-electron chi connectivity index (χ0n) is 8.53. The summed E-state index contributed by atoms with van der Waals surface area (Å²) in [5.74, 6) is 0.264. The van der Waals surface area contributed by atoms with Gasteiger partial charge in [-0.3, -0.25) is 0 Å². The van der Waals surface area contributed by atoms with Gasteiger partial charge in [0.2, 0.25) is 0 Å². The van der Waals surface area contributed by atoms with Gasteiger partial charge in [-0.25, -0.2) is 0 Å². The van der Waals surface area contributed by atoms with Gasteiger partial charge in [-0.1, -0.05) is 22.0 Å². The molecule has 86 valence electrons. The topological polar surface area (TPSA) is 72.3 Å². The van der Waals surface area contributed by atoms with Crippen molar-refractivity contribution >= 4 is 28.3 Å². The number of hydrogen-bond acceptors (Lipinski definition) is 3. The lowest BCUT2D eigenvalue weighted by Crippen LogP contribution is -2.16. The van der Waals surface area contributed by atoms with E-state index < -0.39 is 0 Å². The van der Waals surface area contributed by atoms with Crippen molar-refractivity contribution in [3.05, 3.63) is 27.7 Å². The molecule has 0 unspecified atom stereocenters. The fourth-order valence-electron chi connectivity index (χ4n) is 1.37. The zero-order chi connectivity index (χ0) is 10.7. The van der Waals surface area contributed by atoms with E-state index in [9.17, 15) is 5.11 Å². The van der Waals surface area contributed by atoms with Gasteiger partial charge in [0.15, 0.2) is 0 Å². The molecule has 0 radical (unpaired) electrons. The second kappa shape index (κ2) is 6.33. The molecule has 0 fully saturated rings. The zero-order valence-corrected chi connectivity index (χ0v) is 10.9. The van der Waals surface area contributed by atoms with E-state index in [-0.39, 0.29) is 24.2 Å². The van der Waals surface area contributed by atoms with Gasteiger partial charge in [0, 0.05) is 16.1 Å². The first-order valence-electron chi connectivity index (χ1n) is 4.51. The number of nitrogens with two attached hydrogens (primary N) is 2. The highest BCUT2D eigenvalue weighted by Gasteiger charge is 2.15. The molecule has 15 heavy (non-hydrogen) atoms. The second-order valence-corrected chi connectivity index (χ2v) is 4.16. The lowest BCUT2D eigenvalue weighted by Gasteiger charge is -2.15. The van der Waals surface area contributed by atoms with E-state index in [0.29, 0.717) is 13.0 Å². The van der Waals surface area contributed by atoms with Gasteiger partial charge in [0.1, 0.15) is 5.75 Å². The number of aryl methyl sites for hydroxylation is 1. The maximum absolute atomic E-state index is 9.82. The Bertz CT molecular complexity index is 333. The Morgan fingerprint density at radius 2 is 2.07 bits per heavy atom. The number of hydrogen-bond donors (Lipinski definition) is 3. The molecule has 5 heteroatoms. The maximum Gasteiger partial charge on any atom is 0.124 e. The van der Waals surface area contributed by atoms with Crippen LogP contribution < -0.4 is 11.5 Å². The van der Waals surface area contributed by atoms with Crippen molar-refractivity contribution in [2.45, 2.75) is 19.4 Å². The third-order valence-electron chi connectivity index (χ3n) is 2.21. The molecule has 0 aliphatic rings. The Kier molecular flexibility index (Phi) is 6.20. The van der Waals surface area contributed by atoms with Gasteiger partial charge >= 0.3 is 0 Å². The van der Waals surface area contributed by atoms with E-state index in [1.165, 1.54) is 0 Å². The lowest BCUT2D eigenvalue weighted by molar-refractivity contribution is 0.454. The highest BCUT2D eigenvalue weighted by molar-refractivity contribution is 9.10. The Hall–Kier alpha value is -0.290. The van der Waals surface area contributed by atoms with Crippen LogP contribution in [-0.4, -0.2) is 11.7 Å². The van der Waals surface area contributed by atoms with Crippen LogP contribution in [0.15, 0.2) is 16.6 Å². The average Bonchev–Trinajstić information content (AvgIpc) is 2.13. The van der Waals surface area contributed by atoms with Crippen LogP contribution in [0.4, 0.5) is 0 Å². The third kappa shape index (κ3) is 3.34. The number of halogens is 2. The minimum absolute atomic E-state index is 0. The van der Waals surface area contributed by atoms with Crippen LogP contribution in [0.3, 0.4) is 0 Å². The first kappa shape index (κ1) is 14.7. The third-order valence-corrected chi connectivity index (χ3v) is 2.91. The Balaban J connectivity index is 0.00000196. The predicted octanol–water partition coefficient (Wildman–Crippen LogP) is 2.23. The Labute approximate surface area is 104 Å². The Morgan fingerprint density at radius 3 is 2.60 bits per heavy atom. The van der Waals surface area contributed by atoms with E-state index in [4.69, 9.17) is 11.5 Å². The number of phenols is 1. The highest BCUT2D eigenvalue weighted by atomic mass is 79.9. The standard InChI is InChI=1S/C10H15BrN2O.ClH/c1-6-2-3-7(11)9(10(6)14)8(13)4-5-12;/h2-3,8,14H,4-5,12-13H2,1H3;1H/t8-;/m0./s1. The fraction of sp³-hybridized carbons (Fsp3) is 0.400. The Morgan fingerprint density at radius 1 is 1.47 bits per heavy atom. The minimum Gasteiger partial charge on any atom is -0.507 e. The molecule has 0 aliphatic heterocycles. The second-order valence-electron chi connectivity index (χ2n) is 3.31. The molecule has 5 N–H and O–H groups in total. The quantitative estimate of drug-likeness (QED) is 0.801. The summed E-state index contributed by atoms with van der Waals surface area (Å²) in [4.78, 5) is 0. The molecule has 0 aliphatic carbocycles. The van der Waals surface area contributed by atoms with Gasteiger partial charge in [-0.2, -0.15) is 0 Å². The molecule has 0 bridgehead atoms. The van der Waals surface area contributed by atoms with Crippen LogP contribution in [0.1, 0.15) is 23.6 Å². The molecule has 1 atom stereocenters. The van der Waals surface area contributed by atoms with Gasteiger partial charge in [0.25, 0.3) is 0 Å². The summed E-state index contributed by atoms with van der Waals surface area (Å²) in [7, 11) is 0. The molecule has 1 rings (SSSR count). The lowest BCUT2D eigenvalue weighted by atomic mass is 10.0. The van der Waals surface area contributed by atoms with Crippen molar-refractivity contribution in [3.63, 3.8) is 0 Å². The molecule has 3 nitrogen and oxygen atoms in total. The van der Waals surface area contributed by atoms with Crippen molar-refractivity contribution in [1.29, 1.82) is 0 Å². The molecule has 0 spiro atoms. The summed E-state index contributed by atoms with van der Waals surface area (Å²) in [6.45, 7) is 2.36. The molecule has 1 aromatic rings. The number of aromatic hydroxyl groups is 1. The van der Waals surface area contributed by atoms with E-state index >= 15 is 0 Å². The minimum atomic E-state index is -0.214. The molecule has 0 saturated carbocycles. The number of phenolic OH excluding ortho intramolecular Hbond substituents is 1. The molecule has 0 aromatic heterocycles. The van der Waals surface area contributed by atoms with Crippen molar-refractivity contribution in [1.82, 2.24) is 0 Å². The summed E-state index contributed by atoms with van der Waals surface area (Å²) in [6.07, 6.45) is 0.662. The summed E-state index contributed by atoms with van der Waals surface area (Å²) < 4.78 is 0.835. The van der Waals surface area contributed by atoms with Crippen LogP contribution in [0.2, 0.25) is 0 Å². The fourth-order valence-corrected chi connectivity index (χ4v) is 1.98. The monoisotopic (exact) mass is 294 g/mol. The van der Waals surface area contributed by atoms with Crippen molar-refractivity contribution in [2.75, 3.05) is 6.54 Å². The van der Waals surface area contributed by atoms with E-state index in [0.717, 1.165) is 15.6 Å². The largest absolute Gasteiger partial charge is 0.507 e. The van der Waals surface area contributed by atoms with Gasteiger partial charge in [-0.15, -0.1) is 12.4 Å². The molecule has 0 amide bonds. The van der Waals surface area contributed by atoms with Gasteiger partial charge in [-0.05, 0) is 31.5 Å². The van der Waals surface area contributed by atoms with Crippen molar-refractivity contribution in [2.24, 2.45) is 11.5 Å². The highest BCUT2D eigenvalue weighted by Crippen LogP contribution is 2.34. The molecular weight excluding hydrogens is 279 g/mol. The summed E-state index contributed by atoms with van der Waals surface area (Å²) in [5, 5.41) is 9.82. The van der Waals surface area contributed by atoms with Gasteiger partial charge in [0.05, 0.1) is 0 Å². The van der Waals surface area contributed by atoms with Crippen LogP contribution in [0, 0.1) is 6.92 Å². The average molecular weight is 296 g/mol. The first-order chi connectivity index (χ1) is 6.57. The van der Waals surface area contributed by atoms with Crippen LogP contribution in [-0.2, 0) is 0 Å². The van der Waals surface area contributed by atoms with Gasteiger partial charge < -0.3 is 16.6 Å². The normalized spacial score (nSPS) is 12.0. The van der Waals surface area contributed by atoms with E-state index in [2.05, 4.69) is 15.9 Å². The van der Waals surface area contributed by atoms with Crippen molar-refractivity contribution in [3.8, 4) is 5.75 Å². The smallest absolute Gasteiger partial charge is 0.124 e. The molecular formula is C10H16BrClN2O. The van der Waals surface area contributed by atoms with E-state index in [1.807, 2.05) is 19.1 Å². The van der Waals surface area contributed by atoms with E-state index in [1.54, 1.807) is 0 Å². The summed E-state index contributed by atoms with van der Waals surface area (Å²) in [6, 6.07) is 3.52. The number of benzene rings is 1. The van der Waals surface area contributed by atoms with Crippen molar-refractivity contribution < 1.29 is 5.11 Å². The maximum atomic E-state index is 9.82. The summed E-state index contributed by atoms with van der Waals surface area (Å²) in [5.41, 5.74) is 12.9. The van der Waals surface area contributed by atoms with Crippen LogP contribution >= 0.6 is 28.3 Å². The molecule has 0 saturated heterocycles. The van der Waals surface area contributed by atoms with Crippen LogP contribution in [0.5, 0.6) is 5.75 Å². The SMILES string of the molecule is Cc1ccc(Br)c([C@@H](N)CCN)c1O.Cl. The number of rotatable bonds is 3. The summed E-state index contributed by atoms with van der Waals surface area (Å²) >= 11 is 3.37. The molecule has 0 heterocycles. The predicted molar refractivity (Wildman–Crippen MR) is 68.4 cm³/mol.